The van der Waals surface area contributed by atoms with Crippen molar-refractivity contribution < 1.29 is 4.74 Å². The number of aryl methyl sites for hydroxylation is 3. The lowest BCUT2D eigenvalue weighted by Gasteiger charge is -2.28. The monoisotopic (exact) mass is 895 g/mol. The lowest BCUT2D eigenvalue weighted by molar-refractivity contribution is 0.483. The van der Waals surface area contributed by atoms with Crippen LogP contribution in [-0.2, 0) is 5.41 Å². The molecule has 12 rings (SSSR count). The van der Waals surface area contributed by atoms with Crippen LogP contribution in [0.15, 0.2) is 200 Å². The molecular formula is C63H53N5O. The van der Waals surface area contributed by atoms with E-state index in [1.807, 2.05) is 6.20 Å². The average molecular weight is 896 g/mol. The van der Waals surface area contributed by atoms with Crippen molar-refractivity contribution in [3.63, 3.8) is 0 Å². The zero-order chi connectivity index (χ0) is 47.0. The van der Waals surface area contributed by atoms with Gasteiger partial charge in [-0.1, -0.05) is 142 Å². The second kappa shape index (κ2) is 16.5. The molecule has 11 aromatic rings. The van der Waals surface area contributed by atoms with Crippen molar-refractivity contribution in [1.29, 1.82) is 0 Å². The second-order valence-corrected chi connectivity index (χ2v) is 19.5. The Labute approximate surface area is 403 Å². The van der Waals surface area contributed by atoms with E-state index in [0.29, 0.717) is 6.67 Å². The molecule has 0 radical (unpaired) electrons. The molecule has 4 heterocycles. The molecule has 0 saturated carbocycles. The Balaban J connectivity index is 1.01. The third-order valence-electron chi connectivity index (χ3n) is 13.8. The fourth-order valence-electron chi connectivity index (χ4n) is 10.8. The lowest BCUT2D eigenvalue weighted by Crippen LogP contribution is -2.28. The van der Waals surface area contributed by atoms with Gasteiger partial charge in [0.1, 0.15) is 24.0 Å². The molecule has 336 valence electrons. The van der Waals surface area contributed by atoms with Crippen molar-refractivity contribution >= 4 is 66.4 Å². The molecule has 0 bridgehead atoms. The molecule has 69 heavy (non-hydrogen) atoms. The van der Waals surface area contributed by atoms with Crippen LogP contribution < -0.4 is 14.5 Å². The molecule has 0 atom stereocenters. The van der Waals surface area contributed by atoms with E-state index in [2.05, 4.69) is 255 Å². The summed E-state index contributed by atoms with van der Waals surface area (Å²) >= 11 is 0. The number of hydrogen-bond acceptors (Lipinski definition) is 4. The first kappa shape index (κ1) is 42.0. The predicted molar refractivity (Wildman–Crippen MR) is 288 cm³/mol. The highest BCUT2D eigenvalue weighted by molar-refractivity contribution is 6.19. The fourth-order valence-corrected chi connectivity index (χ4v) is 10.8. The van der Waals surface area contributed by atoms with E-state index < -0.39 is 0 Å². The highest BCUT2D eigenvalue weighted by Crippen LogP contribution is 2.46. The Morgan fingerprint density at radius 1 is 0.449 bits per heavy atom. The number of pyridine rings is 1. The SMILES string of the molecule is Cc1cc(C)c(N2CN(c3cccc(Oc4ccc5c6cc7c(cc6n(-c6cc(C(C)(C)C)ccn6)c5c4)c4ccccc4n7-c4ccccc4)c3)C(c3ccccc3)=C2c2ccccc2)c(C)c1. The van der Waals surface area contributed by atoms with Crippen LogP contribution >= 0.6 is 0 Å². The maximum atomic E-state index is 6.97. The normalized spacial score (nSPS) is 13.2. The van der Waals surface area contributed by atoms with Crippen LogP contribution in [0.4, 0.5) is 11.4 Å². The fraction of sp³-hybridized carbons (Fsp3) is 0.127. The highest BCUT2D eigenvalue weighted by Gasteiger charge is 2.34. The molecule has 0 unspecified atom stereocenters. The van der Waals surface area contributed by atoms with Gasteiger partial charge in [0, 0.05) is 68.1 Å². The molecule has 6 heteroatoms. The number of hydrogen-bond donors (Lipinski definition) is 0. The van der Waals surface area contributed by atoms with Gasteiger partial charge in [-0.15, -0.1) is 0 Å². The van der Waals surface area contributed by atoms with Crippen molar-refractivity contribution in [1.82, 2.24) is 14.1 Å². The standard InChI is InChI=1S/C63H53N5O/c1-41-33-42(2)60(43(3)34-41)66-40-65(61(44-19-10-7-11-20-44)62(66)45-21-12-8-13-22-45)48-25-18-26-49(36-48)69-50-29-30-52-54-38-57-53(51-27-16-17-28-55(51)67(57)47-23-14-9-15-24-47)39-58(54)68(56(52)37-50)59-35-46(31-32-64-59)63(4,5)6/h7-39H,40H2,1-6H3. The van der Waals surface area contributed by atoms with Gasteiger partial charge in [-0.25, -0.2) is 4.98 Å². The van der Waals surface area contributed by atoms with E-state index in [9.17, 15) is 0 Å². The minimum atomic E-state index is -0.0618. The average Bonchev–Trinajstić information content (AvgIpc) is 4.01. The molecule has 1 aliphatic heterocycles. The molecule has 0 spiro atoms. The summed E-state index contributed by atoms with van der Waals surface area (Å²) in [5.74, 6) is 2.38. The molecule has 0 amide bonds. The third kappa shape index (κ3) is 7.22. The van der Waals surface area contributed by atoms with Gasteiger partial charge in [0.15, 0.2) is 0 Å². The summed E-state index contributed by atoms with van der Waals surface area (Å²) in [6, 6.07) is 69.7. The van der Waals surface area contributed by atoms with Gasteiger partial charge < -0.3 is 19.1 Å². The van der Waals surface area contributed by atoms with Crippen molar-refractivity contribution in [3.8, 4) is 23.0 Å². The zero-order valence-corrected chi connectivity index (χ0v) is 39.9. The number of anilines is 2. The smallest absolute Gasteiger partial charge is 0.137 e. The Bertz CT molecular complexity index is 3780. The molecule has 8 aromatic carbocycles. The molecule has 0 saturated heterocycles. The second-order valence-electron chi connectivity index (χ2n) is 19.5. The first-order valence-electron chi connectivity index (χ1n) is 23.9. The summed E-state index contributed by atoms with van der Waals surface area (Å²) in [6.45, 7) is 14.0. The summed E-state index contributed by atoms with van der Waals surface area (Å²) in [7, 11) is 0. The van der Waals surface area contributed by atoms with Gasteiger partial charge in [0.25, 0.3) is 0 Å². The molecule has 0 N–H and O–H groups in total. The number of aromatic nitrogens is 3. The van der Waals surface area contributed by atoms with Gasteiger partial charge in [-0.3, -0.25) is 4.57 Å². The van der Waals surface area contributed by atoms with Crippen LogP contribution in [0.25, 0.3) is 66.5 Å². The quantitative estimate of drug-likeness (QED) is 0.152. The Morgan fingerprint density at radius 3 is 1.70 bits per heavy atom. The van der Waals surface area contributed by atoms with Gasteiger partial charge in [0.2, 0.25) is 0 Å². The molecule has 1 aliphatic rings. The number of nitrogens with zero attached hydrogens (tertiary/aromatic N) is 5. The molecular weight excluding hydrogens is 843 g/mol. The van der Waals surface area contributed by atoms with Crippen molar-refractivity contribution in [2.45, 2.75) is 47.0 Å². The van der Waals surface area contributed by atoms with E-state index >= 15 is 0 Å². The molecule has 0 fully saturated rings. The molecule has 6 nitrogen and oxygen atoms in total. The van der Waals surface area contributed by atoms with E-state index in [1.54, 1.807) is 0 Å². The van der Waals surface area contributed by atoms with Crippen molar-refractivity contribution in [2.75, 3.05) is 16.5 Å². The maximum Gasteiger partial charge on any atom is 0.137 e. The Morgan fingerprint density at radius 2 is 1.01 bits per heavy atom. The van der Waals surface area contributed by atoms with E-state index in [1.165, 1.54) is 55.5 Å². The summed E-state index contributed by atoms with van der Waals surface area (Å²) in [6.07, 6.45) is 1.95. The number of para-hydroxylation sites is 2. The van der Waals surface area contributed by atoms with Crippen LogP contribution in [0.1, 0.15) is 54.2 Å². The number of ether oxygens (including phenoxy) is 1. The Hall–Kier alpha value is -8.35. The van der Waals surface area contributed by atoms with Crippen LogP contribution in [0.2, 0.25) is 0 Å². The van der Waals surface area contributed by atoms with Gasteiger partial charge in [-0.05, 0) is 110 Å². The summed E-state index contributed by atoms with van der Waals surface area (Å²) < 4.78 is 11.7. The molecule has 0 aliphatic carbocycles. The summed E-state index contributed by atoms with van der Waals surface area (Å²) in [5, 5.41) is 4.69. The number of benzene rings is 8. The van der Waals surface area contributed by atoms with E-state index in [4.69, 9.17) is 9.72 Å². The Kier molecular flexibility index (Phi) is 10.0. The zero-order valence-electron chi connectivity index (χ0n) is 39.9. The van der Waals surface area contributed by atoms with Gasteiger partial charge in [0.05, 0.1) is 33.5 Å². The van der Waals surface area contributed by atoms with Crippen LogP contribution in [0.5, 0.6) is 11.5 Å². The van der Waals surface area contributed by atoms with Gasteiger partial charge >= 0.3 is 0 Å². The number of fused-ring (bicyclic) bond motifs is 6. The first-order valence-corrected chi connectivity index (χ1v) is 23.9. The predicted octanol–water partition coefficient (Wildman–Crippen LogP) is 16.1. The lowest BCUT2D eigenvalue weighted by atomic mass is 9.88. The van der Waals surface area contributed by atoms with Gasteiger partial charge in [-0.2, -0.15) is 0 Å². The topological polar surface area (TPSA) is 38.5 Å². The number of rotatable bonds is 8. The van der Waals surface area contributed by atoms with Crippen molar-refractivity contribution in [2.24, 2.45) is 0 Å². The minimum Gasteiger partial charge on any atom is -0.457 e. The summed E-state index contributed by atoms with van der Waals surface area (Å²) in [5.41, 5.74) is 17.4. The largest absolute Gasteiger partial charge is 0.457 e. The molecule has 3 aromatic heterocycles. The van der Waals surface area contributed by atoms with E-state index in [0.717, 1.165) is 67.3 Å². The van der Waals surface area contributed by atoms with E-state index in [-0.39, 0.29) is 5.41 Å². The van der Waals surface area contributed by atoms with Crippen LogP contribution in [0.3, 0.4) is 0 Å². The minimum absolute atomic E-state index is 0.0618. The highest BCUT2D eigenvalue weighted by atomic mass is 16.5. The first-order chi connectivity index (χ1) is 33.6. The van der Waals surface area contributed by atoms with Crippen molar-refractivity contribution in [3.05, 3.63) is 234 Å². The van der Waals surface area contributed by atoms with Crippen LogP contribution in [-0.4, -0.2) is 20.8 Å². The van der Waals surface area contributed by atoms with Crippen LogP contribution in [0, 0.1) is 20.8 Å². The maximum absolute atomic E-state index is 6.97. The third-order valence-corrected chi connectivity index (χ3v) is 13.8. The summed E-state index contributed by atoms with van der Waals surface area (Å²) in [4.78, 5) is 10.0.